The third-order valence-electron chi connectivity index (χ3n) is 9.27. The highest BCUT2D eigenvalue weighted by Gasteiger charge is 2.60. The van der Waals surface area contributed by atoms with Crippen LogP contribution in [0.15, 0.2) is 11.6 Å². The number of Topliss-reactive ketones (excluding diaryl/α,β-unsaturated/α-hetero) is 1. The topological polar surface area (TPSA) is 97.7 Å². The van der Waals surface area contributed by atoms with Crippen LogP contribution in [0, 0.1) is 34.5 Å². The number of ketones is 2. The largest absolute Gasteiger partial charge is 0.481 e. The minimum Gasteiger partial charge on any atom is -0.481 e. The van der Waals surface area contributed by atoms with E-state index in [-0.39, 0.29) is 47.8 Å². The van der Waals surface area contributed by atoms with Crippen LogP contribution in [0.2, 0.25) is 0 Å². The smallest absolute Gasteiger partial charge is 0.306 e. The van der Waals surface area contributed by atoms with Crippen LogP contribution in [-0.2, 0) is 23.9 Å². The van der Waals surface area contributed by atoms with Crippen LogP contribution in [0.3, 0.4) is 0 Å². The molecule has 4 aliphatic carbocycles. The van der Waals surface area contributed by atoms with Gasteiger partial charge in [0, 0.05) is 12.3 Å². The van der Waals surface area contributed by atoms with Gasteiger partial charge in [0.15, 0.2) is 11.6 Å². The molecule has 6 heteroatoms. The Morgan fingerprint density at radius 1 is 1.03 bits per heavy atom. The summed E-state index contributed by atoms with van der Waals surface area (Å²) >= 11 is 0. The predicted molar refractivity (Wildman–Crippen MR) is 113 cm³/mol. The Kier molecular flexibility index (Phi) is 5.86. The molecule has 0 aromatic rings. The van der Waals surface area contributed by atoms with E-state index in [9.17, 15) is 19.2 Å². The van der Waals surface area contributed by atoms with Crippen LogP contribution in [-0.4, -0.2) is 35.2 Å². The Labute approximate surface area is 183 Å². The summed E-state index contributed by atoms with van der Waals surface area (Å²) in [7, 11) is 0. The van der Waals surface area contributed by atoms with Gasteiger partial charge in [-0.2, -0.15) is 0 Å². The maximum absolute atomic E-state index is 13.0. The van der Waals surface area contributed by atoms with E-state index in [1.807, 2.05) is 6.08 Å². The predicted octanol–water partition coefficient (Wildman–Crippen LogP) is 4.11. The van der Waals surface area contributed by atoms with E-state index in [1.54, 1.807) is 0 Å². The lowest BCUT2D eigenvalue weighted by molar-refractivity contribution is -0.152. The fourth-order valence-corrected chi connectivity index (χ4v) is 7.62. The van der Waals surface area contributed by atoms with E-state index in [4.69, 9.17) is 9.84 Å². The number of hydrogen-bond donors (Lipinski definition) is 1. The first kappa shape index (κ1) is 22.2. The van der Waals surface area contributed by atoms with Gasteiger partial charge in [-0.05, 0) is 79.6 Å². The molecule has 0 bridgehead atoms. The Morgan fingerprint density at radius 3 is 2.55 bits per heavy atom. The molecule has 170 valence electrons. The first-order valence-corrected chi connectivity index (χ1v) is 11.8. The van der Waals surface area contributed by atoms with Gasteiger partial charge in [-0.15, -0.1) is 0 Å². The quantitative estimate of drug-likeness (QED) is 0.637. The number of carboxylic acid groups (broad SMARTS) is 1. The van der Waals surface area contributed by atoms with Crippen LogP contribution in [0.4, 0.5) is 0 Å². The van der Waals surface area contributed by atoms with E-state index in [0.29, 0.717) is 24.2 Å². The molecule has 0 spiro atoms. The molecule has 6 nitrogen and oxygen atoms in total. The summed E-state index contributed by atoms with van der Waals surface area (Å²) in [6, 6.07) is 0. The molecule has 1 N–H and O–H groups in total. The Hall–Kier alpha value is -1.98. The van der Waals surface area contributed by atoms with Crippen LogP contribution < -0.4 is 0 Å². The number of carboxylic acids is 1. The monoisotopic (exact) mass is 430 g/mol. The fourth-order valence-electron chi connectivity index (χ4n) is 7.62. The highest BCUT2D eigenvalue weighted by Crippen LogP contribution is 2.66. The summed E-state index contributed by atoms with van der Waals surface area (Å²) in [4.78, 5) is 47.3. The second-order valence-electron chi connectivity index (χ2n) is 10.7. The highest BCUT2D eigenvalue weighted by molar-refractivity contribution is 5.91. The third-order valence-corrected chi connectivity index (χ3v) is 9.27. The molecule has 0 aliphatic heterocycles. The molecule has 0 aromatic heterocycles. The van der Waals surface area contributed by atoms with E-state index < -0.39 is 11.9 Å². The number of carbonyl (C=O) groups is 4. The molecule has 0 saturated heterocycles. The normalized spacial score (nSPS) is 39.0. The number of allylic oxidation sites excluding steroid dienone is 1. The molecule has 0 radical (unpaired) electrons. The maximum atomic E-state index is 13.0. The van der Waals surface area contributed by atoms with Gasteiger partial charge in [-0.1, -0.05) is 19.4 Å². The van der Waals surface area contributed by atoms with Crippen molar-refractivity contribution in [1.82, 2.24) is 0 Å². The van der Waals surface area contributed by atoms with Crippen molar-refractivity contribution in [3.63, 3.8) is 0 Å². The molecule has 0 amide bonds. The van der Waals surface area contributed by atoms with Crippen molar-refractivity contribution in [1.29, 1.82) is 0 Å². The van der Waals surface area contributed by atoms with E-state index in [0.717, 1.165) is 44.9 Å². The molecule has 3 fully saturated rings. The van der Waals surface area contributed by atoms with Gasteiger partial charge in [0.1, 0.15) is 6.61 Å². The van der Waals surface area contributed by atoms with Crippen LogP contribution in [0.1, 0.15) is 78.1 Å². The van der Waals surface area contributed by atoms with Gasteiger partial charge in [-0.25, -0.2) is 0 Å². The summed E-state index contributed by atoms with van der Waals surface area (Å²) in [5.74, 6) is 0.168. The third kappa shape index (κ3) is 3.87. The standard InChI is InChI=1S/C25H34O6/c1-24-11-9-16(26)13-15(24)3-4-17-18-5-6-20(25(18,2)12-10-19(17)24)21(27)14-31-23(30)8-7-22(28)29/h13,17-20H,3-12,14H2,1-2H3,(H,28,29)/t17-,18+,19-,20-,24-,25-/m1/s1. The van der Waals surface area contributed by atoms with Gasteiger partial charge in [-0.3, -0.25) is 19.2 Å². The number of hydrogen-bond acceptors (Lipinski definition) is 5. The summed E-state index contributed by atoms with van der Waals surface area (Å²) in [5.41, 5.74) is 1.42. The molecule has 0 unspecified atom stereocenters. The molecule has 31 heavy (non-hydrogen) atoms. The van der Waals surface area contributed by atoms with Crippen molar-refractivity contribution in [2.75, 3.05) is 6.61 Å². The average Bonchev–Trinajstić information content (AvgIpc) is 3.08. The summed E-state index contributed by atoms with van der Waals surface area (Å²) in [6.45, 7) is 4.37. The lowest BCUT2D eigenvalue weighted by atomic mass is 9.46. The van der Waals surface area contributed by atoms with Crippen LogP contribution >= 0.6 is 0 Å². The van der Waals surface area contributed by atoms with Gasteiger partial charge in [0.2, 0.25) is 0 Å². The minimum atomic E-state index is -1.05. The fraction of sp³-hybridized carbons (Fsp3) is 0.760. The van der Waals surface area contributed by atoms with Crippen LogP contribution in [0.5, 0.6) is 0 Å². The molecule has 3 saturated carbocycles. The Morgan fingerprint density at radius 2 is 1.81 bits per heavy atom. The van der Waals surface area contributed by atoms with Gasteiger partial charge in [0.05, 0.1) is 12.8 Å². The van der Waals surface area contributed by atoms with Crippen molar-refractivity contribution in [2.45, 2.75) is 78.1 Å². The molecule has 0 aromatic carbocycles. The number of aliphatic carboxylic acids is 1. The number of rotatable bonds is 6. The van der Waals surface area contributed by atoms with Crippen LogP contribution in [0.25, 0.3) is 0 Å². The highest BCUT2D eigenvalue weighted by atomic mass is 16.5. The molecule has 4 rings (SSSR count). The van der Waals surface area contributed by atoms with E-state index in [1.165, 1.54) is 5.57 Å². The number of carbonyl (C=O) groups excluding carboxylic acids is 3. The lowest BCUT2D eigenvalue weighted by Gasteiger charge is -2.58. The first-order chi connectivity index (χ1) is 14.6. The molecule has 4 aliphatic rings. The van der Waals surface area contributed by atoms with Gasteiger partial charge >= 0.3 is 11.9 Å². The molecular formula is C25H34O6. The van der Waals surface area contributed by atoms with Crippen molar-refractivity contribution < 1.29 is 29.0 Å². The zero-order valence-corrected chi connectivity index (χ0v) is 18.7. The average molecular weight is 431 g/mol. The molecule has 0 heterocycles. The lowest BCUT2D eigenvalue weighted by Crippen LogP contribution is -2.51. The maximum Gasteiger partial charge on any atom is 0.306 e. The summed E-state index contributed by atoms with van der Waals surface area (Å²) in [5, 5.41) is 8.68. The number of esters is 1. The second-order valence-corrected chi connectivity index (χ2v) is 10.7. The second kappa shape index (κ2) is 8.18. The van der Waals surface area contributed by atoms with Crippen molar-refractivity contribution in [3.8, 4) is 0 Å². The zero-order chi connectivity index (χ0) is 22.4. The number of fused-ring (bicyclic) bond motifs is 5. The zero-order valence-electron chi connectivity index (χ0n) is 18.7. The minimum absolute atomic E-state index is 0.0157. The van der Waals surface area contributed by atoms with Crippen molar-refractivity contribution >= 4 is 23.5 Å². The number of ether oxygens (including phenoxy) is 1. The molecular weight excluding hydrogens is 396 g/mol. The van der Waals surface area contributed by atoms with E-state index >= 15 is 0 Å². The summed E-state index contributed by atoms with van der Waals surface area (Å²) in [6.07, 6.45) is 9.11. The van der Waals surface area contributed by atoms with Crippen molar-refractivity contribution in [2.24, 2.45) is 34.5 Å². The Balaban J connectivity index is 1.43. The van der Waals surface area contributed by atoms with E-state index in [2.05, 4.69) is 13.8 Å². The van der Waals surface area contributed by atoms with Crippen molar-refractivity contribution in [3.05, 3.63) is 11.6 Å². The first-order valence-electron chi connectivity index (χ1n) is 11.8. The van der Waals surface area contributed by atoms with Gasteiger partial charge in [0.25, 0.3) is 0 Å². The summed E-state index contributed by atoms with van der Waals surface area (Å²) < 4.78 is 5.10. The molecule has 6 atom stereocenters. The SMILES string of the molecule is C[C@@]12CC[C@@H]3[C@H](CCC4=CC(=O)CC[C@]43C)[C@@H]1CC[C@@H]2C(=O)COC(=O)CCC(=O)O. The Bertz CT molecular complexity index is 828. The van der Waals surface area contributed by atoms with Gasteiger partial charge < -0.3 is 9.84 Å².